The molecule has 6 heteroatoms. The van der Waals surface area contributed by atoms with Crippen molar-refractivity contribution in [1.29, 1.82) is 0 Å². The Bertz CT molecular complexity index is 478. The van der Waals surface area contributed by atoms with Gasteiger partial charge < -0.3 is 20.0 Å². The van der Waals surface area contributed by atoms with Gasteiger partial charge in [-0.05, 0) is 58.1 Å². The predicted octanol–water partition coefficient (Wildman–Crippen LogP) is 2.31. The molecule has 0 radical (unpaired) electrons. The molecule has 1 aliphatic rings. The van der Waals surface area contributed by atoms with E-state index in [-0.39, 0.29) is 6.04 Å². The molecule has 1 saturated heterocycles. The van der Waals surface area contributed by atoms with Crippen molar-refractivity contribution in [3.63, 3.8) is 0 Å². The van der Waals surface area contributed by atoms with E-state index in [4.69, 9.17) is 9.41 Å². The Hall–Kier alpha value is -1.53. The Morgan fingerprint density at radius 3 is 2.60 bits per heavy atom. The lowest BCUT2D eigenvalue weighted by Gasteiger charge is -2.25. The fraction of sp³-hybridized carbons (Fsp3) is 0.737. The summed E-state index contributed by atoms with van der Waals surface area (Å²) in [5.74, 6) is 1.91. The van der Waals surface area contributed by atoms with Crippen LogP contribution in [0.3, 0.4) is 0 Å². The Morgan fingerprint density at radius 2 is 2.00 bits per heavy atom. The number of likely N-dealkylation sites (tertiary alicyclic amines) is 1. The second kappa shape index (κ2) is 11.2. The highest BCUT2D eigenvalue weighted by atomic mass is 16.3. The van der Waals surface area contributed by atoms with E-state index in [1.165, 1.54) is 12.8 Å². The van der Waals surface area contributed by atoms with Crippen LogP contribution in [0.2, 0.25) is 0 Å². The minimum absolute atomic E-state index is 0.232. The molecule has 2 heterocycles. The molecule has 1 atom stereocenters. The molecule has 0 bridgehead atoms. The van der Waals surface area contributed by atoms with Crippen molar-refractivity contribution in [3.8, 4) is 0 Å². The van der Waals surface area contributed by atoms with Gasteiger partial charge in [-0.15, -0.1) is 0 Å². The van der Waals surface area contributed by atoms with Gasteiger partial charge in [-0.2, -0.15) is 0 Å². The number of hydrogen-bond acceptors (Lipinski definition) is 4. The molecule has 0 spiro atoms. The number of nitrogens with zero attached hydrogens (tertiary/aromatic N) is 3. The summed E-state index contributed by atoms with van der Waals surface area (Å²) < 4.78 is 5.68. The standard InChI is InChI=1S/C19H35N5O/c1-4-20-19(21-11-14-23(5-2)6-3)22-16-17(18-10-9-15-25-18)24-12-7-8-13-24/h9-10,15,17H,4-8,11-14,16H2,1-3H3,(H2,20,21,22). The molecule has 142 valence electrons. The van der Waals surface area contributed by atoms with Gasteiger partial charge in [0.15, 0.2) is 5.96 Å². The van der Waals surface area contributed by atoms with E-state index in [1.807, 2.05) is 6.07 Å². The van der Waals surface area contributed by atoms with E-state index in [9.17, 15) is 0 Å². The Balaban J connectivity index is 1.94. The van der Waals surface area contributed by atoms with Crippen LogP contribution in [-0.4, -0.2) is 68.1 Å². The topological polar surface area (TPSA) is 56.0 Å². The smallest absolute Gasteiger partial charge is 0.191 e. The first kappa shape index (κ1) is 19.8. The van der Waals surface area contributed by atoms with Crippen LogP contribution in [0.4, 0.5) is 0 Å². The molecule has 2 N–H and O–H groups in total. The second-order valence-corrected chi connectivity index (χ2v) is 6.45. The van der Waals surface area contributed by atoms with E-state index in [0.29, 0.717) is 6.54 Å². The molecule has 1 unspecified atom stereocenters. The quantitative estimate of drug-likeness (QED) is 0.501. The Labute approximate surface area is 152 Å². The minimum atomic E-state index is 0.232. The first-order valence-corrected chi connectivity index (χ1v) is 9.80. The fourth-order valence-corrected chi connectivity index (χ4v) is 3.31. The number of likely N-dealkylation sites (N-methyl/N-ethyl adjacent to an activating group) is 1. The summed E-state index contributed by atoms with van der Waals surface area (Å²) >= 11 is 0. The van der Waals surface area contributed by atoms with Gasteiger partial charge in [0.05, 0.1) is 18.8 Å². The van der Waals surface area contributed by atoms with Gasteiger partial charge in [0.1, 0.15) is 5.76 Å². The van der Waals surface area contributed by atoms with Crippen molar-refractivity contribution in [2.75, 3.05) is 52.4 Å². The molecule has 0 aromatic carbocycles. The Kier molecular flexibility index (Phi) is 8.83. The van der Waals surface area contributed by atoms with Gasteiger partial charge in [-0.25, -0.2) is 0 Å². The molecule has 1 fully saturated rings. The third-order valence-corrected chi connectivity index (χ3v) is 4.83. The third kappa shape index (κ3) is 6.36. The first-order chi connectivity index (χ1) is 12.3. The monoisotopic (exact) mass is 349 g/mol. The van der Waals surface area contributed by atoms with E-state index in [2.05, 4.69) is 47.3 Å². The first-order valence-electron chi connectivity index (χ1n) is 9.80. The van der Waals surface area contributed by atoms with E-state index < -0.39 is 0 Å². The van der Waals surface area contributed by atoms with Crippen LogP contribution in [0.5, 0.6) is 0 Å². The zero-order valence-corrected chi connectivity index (χ0v) is 16.1. The summed E-state index contributed by atoms with van der Waals surface area (Å²) in [6, 6.07) is 4.27. The van der Waals surface area contributed by atoms with Crippen molar-refractivity contribution in [1.82, 2.24) is 20.4 Å². The SMILES string of the molecule is CCNC(=NCC(c1ccco1)N1CCCC1)NCCN(CC)CC. The minimum Gasteiger partial charge on any atom is -0.468 e. The number of nitrogens with one attached hydrogen (secondary N) is 2. The van der Waals surface area contributed by atoms with E-state index in [1.54, 1.807) is 6.26 Å². The number of furan rings is 1. The van der Waals surface area contributed by atoms with Crippen LogP contribution < -0.4 is 10.6 Å². The molecule has 0 saturated carbocycles. The number of hydrogen-bond donors (Lipinski definition) is 2. The molecular weight excluding hydrogens is 314 g/mol. The average molecular weight is 350 g/mol. The fourth-order valence-electron chi connectivity index (χ4n) is 3.31. The average Bonchev–Trinajstić information content (AvgIpc) is 3.33. The van der Waals surface area contributed by atoms with E-state index >= 15 is 0 Å². The second-order valence-electron chi connectivity index (χ2n) is 6.45. The number of rotatable bonds is 10. The third-order valence-electron chi connectivity index (χ3n) is 4.83. The maximum absolute atomic E-state index is 5.68. The predicted molar refractivity (Wildman–Crippen MR) is 104 cm³/mol. The molecule has 6 nitrogen and oxygen atoms in total. The summed E-state index contributed by atoms with van der Waals surface area (Å²) in [5, 5.41) is 6.81. The Morgan fingerprint density at radius 1 is 1.24 bits per heavy atom. The molecular formula is C19H35N5O. The van der Waals surface area contributed by atoms with Crippen molar-refractivity contribution < 1.29 is 4.42 Å². The van der Waals surface area contributed by atoms with Crippen molar-refractivity contribution >= 4 is 5.96 Å². The maximum atomic E-state index is 5.68. The summed E-state index contributed by atoms with van der Waals surface area (Å²) in [6.45, 7) is 14.5. The summed E-state index contributed by atoms with van der Waals surface area (Å²) in [5.41, 5.74) is 0. The molecule has 0 amide bonds. The van der Waals surface area contributed by atoms with Gasteiger partial charge in [-0.1, -0.05) is 13.8 Å². The highest BCUT2D eigenvalue weighted by Crippen LogP contribution is 2.25. The van der Waals surface area contributed by atoms with Crippen LogP contribution in [0.1, 0.15) is 45.4 Å². The van der Waals surface area contributed by atoms with Gasteiger partial charge >= 0.3 is 0 Å². The van der Waals surface area contributed by atoms with Crippen LogP contribution in [0, 0.1) is 0 Å². The van der Waals surface area contributed by atoms with Crippen LogP contribution in [0.15, 0.2) is 27.8 Å². The molecule has 25 heavy (non-hydrogen) atoms. The molecule has 2 rings (SSSR count). The molecule has 0 aliphatic carbocycles. The zero-order chi connectivity index (χ0) is 17.9. The van der Waals surface area contributed by atoms with Crippen molar-refractivity contribution in [2.24, 2.45) is 4.99 Å². The van der Waals surface area contributed by atoms with Crippen molar-refractivity contribution in [3.05, 3.63) is 24.2 Å². The lowest BCUT2D eigenvalue weighted by Crippen LogP contribution is -2.42. The van der Waals surface area contributed by atoms with Crippen LogP contribution in [-0.2, 0) is 0 Å². The summed E-state index contributed by atoms with van der Waals surface area (Å²) in [6.07, 6.45) is 4.29. The molecule has 1 aliphatic heterocycles. The summed E-state index contributed by atoms with van der Waals surface area (Å²) in [4.78, 5) is 9.73. The van der Waals surface area contributed by atoms with Gasteiger partial charge in [0.25, 0.3) is 0 Å². The molecule has 1 aromatic heterocycles. The van der Waals surface area contributed by atoms with E-state index in [0.717, 1.165) is 57.5 Å². The maximum Gasteiger partial charge on any atom is 0.191 e. The highest BCUT2D eigenvalue weighted by Gasteiger charge is 2.25. The van der Waals surface area contributed by atoms with Crippen LogP contribution in [0.25, 0.3) is 0 Å². The highest BCUT2D eigenvalue weighted by molar-refractivity contribution is 5.79. The summed E-state index contributed by atoms with van der Waals surface area (Å²) in [7, 11) is 0. The van der Waals surface area contributed by atoms with Gasteiger partial charge in [-0.3, -0.25) is 9.89 Å². The zero-order valence-electron chi connectivity index (χ0n) is 16.1. The number of aliphatic imine (C=N–C) groups is 1. The van der Waals surface area contributed by atoms with Crippen LogP contribution >= 0.6 is 0 Å². The molecule has 1 aromatic rings. The number of guanidine groups is 1. The normalized spacial score (nSPS) is 17.2. The van der Waals surface area contributed by atoms with Crippen molar-refractivity contribution in [2.45, 2.75) is 39.7 Å². The lowest BCUT2D eigenvalue weighted by molar-refractivity contribution is 0.221. The van der Waals surface area contributed by atoms with Gasteiger partial charge in [0, 0.05) is 19.6 Å². The van der Waals surface area contributed by atoms with Gasteiger partial charge in [0.2, 0.25) is 0 Å². The lowest BCUT2D eigenvalue weighted by atomic mass is 10.2. The largest absolute Gasteiger partial charge is 0.468 e.